The van der Waals surface area contributed by atoms with E-state index < -0.39 is 0 Å². The topological polar surface area (TPSA) is 67.2 Å². The van der Waals surface area contributed by atoms with Crippen LogP contribution in [0.15, 0.2) is 0 Å². The smallest absolute Gasteiger partial charge is 0.329 e. The van der Waals surface area contributed by atoms with Crippen LogP contribution in [0.1, 0.15) is 19.8 Å². The van der Waals surface area contributed by atoms with E-state index >= 15 is 0 Å². The highest BCUT2D eigenvalue weighted by Crippen LogP contribution is 2.32. The number of carbonyl (C=O) groups is 1. The molecule has 1 saturated carbocycles. The van der Waals surface area contributed by atoms with Crippen LogP contribution in [-0.2, 0) is 0 Å². The average Bonchev–Trinajstić information content (AvgIpc) is 2.67. The second-order valence-electron chi connectivity index (χ2n) is 2.63. The minimum Gasteiger partial charge on any atom is -0.334 e. The third kappa shape index (κ3) is 1.60. The van der Waals surface area contributed by atoms with E-state index in [2.05, 4.69) is 12.2 Å². The normalized spacial score (nSPS) is 29.4. The lowest BCUT2D eigenvalue weighted by Crippen LogP contribution is -2.41. The van der Waals surface area contributed by atoms with Gasteiger partial charge in [-0.3, -0.25) is 5.43 Å². The molecule has 0 spiro atoms. The van der Waals surface area contributed by atoms with Crippen LogP contribution in [0.5, 0.6) is 0 Å². The summed E-state index contributed by atoms with van der Waals surface area (Å²) in [6, 6.07) is 0.0921. The highest BCUT2D eigenvalue weighted by Gasteiger charge is 2.36. The zero-order valence-corrected chi connectivity index (χ0v) is 6.05. The number of nitrogens with one attached hydrogen (secondary N) is 2. The number of carbonyl (C=O) groups excluding carboxylic acids is 1. The summed E-state index contributed by atoms with van der Waals surface area (Å²) in [5.74, 6) is 5.55. The van der Waals surface area contributed by atoms with Crippen LogP contribution in [0.25, 0.3) is 0 Å². The van der Waals surface area contributed by atoms with Gasteiger partial charge in [0.05, 0.1) is 0 Å². The van der Waals surface area contributed by atoms with Gasteiger partial charge in [0.25, 0.3) is 0 Å². The van der Waals surface area contributed by atoms with Gasteiger partial charge in [-0.15, -0.1) is 0 Å². The van der Waals surface area contributed by atoms with Crippen LogP contribution in [0.2, 0.25) is 0 Å². The van der Waals surface area contributed by atoms with Crippen molar-refractivity contribution in [1.82, 2.24) is 10.7 Å². The van der Waals surface area contributed by atoms with Crippen LogP contribution in [-0.4, -0.2) is 12.1 Å². The molecule has 58 valence electrons. The molecule has 10 heavy (non-hydrogen) atoms. The van der Waals surface area contributed by atoms with Crippen molar-refractivity contribution < 1.29 is 4.79 Å². The molecule has 2 amide bonds. The van der Waals surface area contributed by atoms with Gasteiger partial charge < -0.3 is 5.32 Å². The average molecular weight is 143 g/mol. The van der Waals surface area contributed by atoms with Crippen molar-refractivity contribution in [3.63, 3.8) is 0 Å². The van der Waals surface area contributed by atoms with E-state index in [1.165, 1.54) is 0 Å². The molecule has 0 aromatic rings. The lowest BCUT2D eigenvalue weighted by atomic mass is 10.3. The molecule has 0 radical (unpaired) electrons. The number of hydrazine groups is 1. The molecule has 2 atom stereocenters. The lowest BCUT2D eigenvalue weighted by molar-refractivity contribution is 0.240. The molecule has 0 aromatic heterocycles. The van der Waals surface area contributed by atoms with Gasteiger partial charge in [0, 0.05) is 6.04 Å². The van der Waals surface area contributed by atoms with E-state index in [1.807, 2.05) is 5.43 Å². The van der Waals surface area contributed by atoms with Crippen molar-refractivity contribution in [2.24, 2.45) is 11.8 Å². The Labute approximate surface area is 60.1 Å². The fourth-order valence-electron chi connectivity index (χ4n) is 1.09. The van der Waals surface area contributed by atoms with Gasteiger partial charge in [-0.2, -0.15) is 0 Å². The Balaban J connectivity index is 2.11. The Hall–Kier alpha value is -0.770. The zero-order chi connectivity index (χ0) is 7.56. The van der Waals surface area contributed by atoms with Gasteiger partial charge in [-0.25, -0.2) is 10.6 Å². The van der Waals surface area contributed by atoms with Gasteiger partial charge in [0.15, 0.2) is 0 Å². The molecule has 4 heteroatoms. The van der Waals surface area contributed by atoms with Crippen molar-refractivity contribution in [3.05, 3.63) is 0 Å². The maximum Gasteiger partial charge on any atom is 0.329 e. The first-order valence-electron chi connectivity index (χ1n) is 3.55. The highest BCUT2D eigenvalue weighted by atomic mass is 16.2. The standard InChI is InChI=1S/C6H13N3O/c1-2-4-3-5(4)8-6(10)9-7/h4-5H,2-3,7H2,1H3,(H2,8,9,10). The van der Waals surface area contributed by atoms with E-state index in [1.54, 1.807) is 0 Å². The van der Waals surface area contributed by atoms with E-state index in [9.17, 15) is 4.79 Å². The number of nitrogens with two attached hydrogens (primary N) is 1. The summed E-state index contributed by atoms with van der Waals surface area (Å²) in [5.41, 5.74) is 2.03. The predicted molar refractivity (Wildman–Crippen MR) is 38.0 cm³/mol. The van der Waals surface area contributed by atoms with Gasteiger partial charge in [-0.1, -0.05) is 13.3 Å². The largest absolute Gasteiger partial charge is 0.334 e. The van der Waals surface area contributed by atoms with Crippen LogP contribution >= 0.6 is 0 Å². The molecule has 4 N–H and O–H groups in total. The molecule has 1 fully saturated rings. The number of hydrogen-bond acceptors (Lipinski definition) is 2. The van der Waals surface area contributed by atoms with Crippen LogP contribution < -0.4 is 16.6 Å². The highest BCUT2D eigenvalue weighted by molar-refractivity contribution is 5.73. The van der Waals surface area contributed by atoms with Gasteiger partial charge in [0.2, 0.25) is 0 Å². The third-order valence-electron chi connectivity index (χ3n) is 1.89. The van der Waals surface area contributed by atoms with E-state index in [4.69, 9.17) is 5.84 Å². The fraction of sp³-hybridized carbons (Fsp3) is 0.833. The molecule has 0 aliphatic heterocycles. The maximum absolute atomic E-state index is 10.6. The summed E-state index contributed by atoms with van der Waals surface area (Å²) in [6.45, 7) is 2.12. The number of hydrogen-bond donors (Lipinski definition) is 3. The first kappa shape index (κ1) is 7.34. The molecule has 0 aromatic carbocycles. The predicted octanol–water partition coefficient (Wildman–Crippen LogP) is -0.0422. The SMILES string of the molecule is CCC1CC1NC(=O)NN. The summed E-state index contributed by atoms with van der Waals surface area (Å²) in [6.07, 6.45) is 2.24. The van der Waals surface area contributed by atoms with Crippen molar-refractivity contribution >= 4 is 6.03 Å². The van der Waals surface area contributed by atoms with E-state index in [-0.39, 0.29) is 6.03 Å². The van der Waals surface area contributed by atoms with Crippen molar-refractivity contribution in [2.75, 3.05) is 0 Å². The maximum atomic E-state index is 10.6. The number of amides is 2. The molecule has 0 heterocycles. The first-order valence-corrected chi connectivity index (χ1v) is 3.55. The minimum atomic E-state index is -0.277. The van der Waals surface area contributed by atoms with Gasteiger partial charge >= 0.3 is 6.03 Å². The zero-order valence-electron chi connectivity index (χ0n) is 6.05. The Kier molecular flexibility index (Phi) is 2.11. The Morgan fingerprint density at radius 2 is 2.50 bits per heavy atom. The molecule has 0 bridgehead atoms. The second kappa shape index (κ2) is 2.88. The summed E-state index contributed by atoms with van der Waals surface area (Å²) in [7, 11) is 0. The van der Waals surface area contributed by atoms with E-state index in [0.29, 0.717) is 12.0 Å². The van der Waals surface area contributed by atoms with Crippen molar-refractivity contribution in [3.8, 4) is 0 Å². The lowest BCUT2D eigenvalue weighted by Gasteiger charge is -2.00. The molecule has 1 rings (SSSR count). The molecule has 2 unspecified atom stereocenters. The van der Waals surface area contributed by atoms with Crippen molar-refractivity contribution in [2.45, 2.75) is 25.8 Å². The number of urea groups is 1. The fourth-order valence-corrected chi connectivity index (χ4v) is 1.09. The Morgan fingerprint density at radius 3 is 2.90 bits per heavy atom. The third-order valence-corrected chi connectivity index (χ3v) is 1.89. The van der Waals surface area contributed by atoms with E-state index in [0.717, 1.165) is 12.8 Å². The Morgan fingerprint density at radius 1 is 1.80 bits per heavy atom. The molecular formula is C6H13N3O. The molecule has 1 aliphatic rings. The quantitative estimate of drug-likeness (QED) is 0.288. The van der Waals surface area contributed by atoms with Gasteiger partial charge in [-0.05, 0) is 12.3 Å². The Bertz CT molecular complexity index is 137. The second-order valence-corrected chi connectivity index (χ2v) is 2.63. The minimum absolute atomic E-state index is 0.277. The number of rotatable bonds is 2. The molecule has 0 saturated heterocycles. The first-order chi connectivity index (χ1) is 4.77. The summed E-state index contributed by atoms with van der Waals surface area (Å²) >= 11 is 0. The van der Waals surface area contributed by atoms with Crippen molar-refractivity contribution in [1.29, 1.82) is 0 Å². The summed E-state index contributed by atoms with van der Waals surface area (Å²) in [5, 5.41) is 2.73. The monoisotopic (exact) mass is 143 g/mol. The molecular weight excluding hydrogens is 130 g/mol. The molecule has 4 nitrogen and oxygen atoms in total. The molecule has 1 aliphatic carbocycles. The van der Waals surface area contributed by atoms with Crippen LogP contribution in [0.4, 0.5) is 4.79 Å². The summed E-state index contributed by atoms with van der Waals surface area (Å²) < 4.78 is 0. The summed E-state index contributed by atoms with van der Waals surface area (Å²) in [4.78, 5) is 10.6. The van der Waals surface area contributed by atoms with Crippen LogP contribution in [0.3, 0.4) is 0 Å². The van der Waals surface area contributed by atoms with Gasteiger partial charge in [0.1, 0.15) is 0 Å². The van der Waals surface area contributed by atoms with Crippen LogP contribution in [0, 0.1) is 5.92 Å².